The highest BCUT2D eigenvalue weighted by Gasteiger charge is 2.37. The van der Waals surface area contributed by atoms with Crippen LogP contribution < -0.4 is 11.0 Å². The van der Waals surface area contributed by atoms with Gasteiger partial charge in [-0.05, 0) is 70.0 Å². The molecule has 4 heterocycles. The molecule has 14 heteroatoms. The van der Waals surface area contributed by atoms with Crippen molar-refractivity contribution in [3.05, 3.63) is 69.2 Å². The number of para-hydroxylation sites is 1. The van der Waals surface area contributed by atoms with Crippen LogP contribution in [-0.2, 0) is 22.2 Å². The van der Waals surface area contributed by atoms with Crippen molar-refractivity contribution < 1.29 is 22.8 Å². The summed E-state index contributed by atoms with van der Waals surface area (Å²) in [5.74, 6) is -1.35. The number of aromatic nitrogens is 3. The number of halogens is 4. The van der Waals surface area contributed by atoms with Gasteiger partial charge in [-0.2, -0.15) is 13.2 Å². The number of benzene rings is 2. The second-order valence-electron chi connectivity index (χ2n) is 13.3. The Hall–Kier alpha value is -4.10. The first kappa shape index (κ1) is 34.8. The fourth-order valence-corrected chi connectivity index (χ4v) is 7.78. The van der Waals surface area contributed by atoms with Crippen LogP contribution in [-0.4, -0.2) is 94.4 Å². The van der Waals surface area contributed by atoms with Gasteiger partial charge in [0.05, 0.1) is 44.9 Å². The Labute approximate surface area is 287 Å². The molecule has 0 unspecified atom stereocenters. The van der Waals surface area contributed by atoms with Gasteiger partial charge in [0.1, 0.15) is 0 Å². The molecule has 2 aromatic carbocycles. The number of piperidine rings is 2. The Morgan fingerprint density at radius 1 is 1.06 bits per heavy atom. The number of nitrogens with one attached hydrogen (secondary N) is 2. The van der Waals surface area contributed by atoms with Gasteiger partial charge >= 0.3 is 11.9 Å². The van der Waals surface area contributed by atoms with E-state index in [2.05, 4.69) is 20.2 Å². The predicted octanol–water partition coefficient (Wildman–Crippen LogP) is 5.56. The molecule has 0 radical (unpaired) electrons. The molecule has 10 nitrogen and oxygen atoms in total. The summed E-state index contributed by atoms with van der Waals surface area (Å²) in [4.78, 5) is 54.0. The highest BCUT2D eigenvalue weighted by molar-refractivity contribution is 6.33. The molecule has 2 fully saturated rings. The van der Waals surface area contributed by atoms with Crippen molar-refractivity contribution in [2.75, 3.05) is 52.6 Å². The zero-order chi connectivity index (χ0) is 35.0. The number of hydrogen-bond acceptors (Lipinski definition) is 6. The fourth-order valence-electron chi connectivity index (χ4n) is 7.45. The SMILES string of the molecule is CNc1c(Cl)cc(C[C@@H](CC(=O)N2CCC(n3c(=O)[nH]c4c5ccccc5ncc43)CC2)C(=O)N2CCC(N(C)C)CC2)cc1C(F)(F)F. The Kier molecular flexibility index (Phi) is 9.95. The number of aromatic amines is 1. The minimum atomic E-state index is -4.67. The molecule has 2 aromatic heterocycles. The van der Waals surface area contributed by atoms with Crippen LogP contribution in [0.1, 0.15) is 49.3 Å². The van der Waals surface area contributed by atoms with E-state index in [1.807, 2.05) is 38.4 Å². The first-order valence-corrected chi connectivity index (χ1v) is 17.0. The maximum absolute atomic E-state index is 14.0. The van der Waals surface area contributed by atoms with Gasteiger partial charge in [-0.15, -0.1) is 0 Å². The van der Waals surface area contributed by atoms with Crippen molar-refractivity contribution in [2.24, 2.45) is 5.92 Å². The van der Waals surface area contributed by atoms with E-state index in [4.69, 9.17) is 11.6 Å². The Balaban J connectivity index is 1.20. The van der Waals surface area contributed by atoms with Gasteiger partial charge in [-0.3, -0.25) is 19.1 Å². The third kappa shape index (κ3) is 7.14. The van der Waals surface area contributed by atoms with Gasteiger partial charge in [0.25, 0.3) is 0 Å². The van der Waals surface area contributed by atoms with Gasteiger partial charge in [0, 0.05) is 57.1 Å². The lowest BCUT2D eigenvalue weighted by Crippen LogP contribution is -2.48. The lowest BCUT2D eigenvalue weighted by atomic mass is 9.91. The van der Waals surface area contributed by atoms with Crippen LogP contribution in [0.25, 0.3) is 21.9 Å². The number of carbonyl (C=O) groups is 2. The minimum absolute atomic E-state index is 0.0624. The van der Waals surface area contributed by atoms with Crippen molar-refractivity contribution in [1.82, 2.24) is 29.2 Å². The van der Waals surface area contributed by atoms with Gasteiger partial charge in [0.15, 0.2) is 0 Å². The van der Waals surface area contributed by atoms with Gasteiger partial charge < -0.3 is 25.0 Å². The van der Waals surface area contributed by atoms with Crippen molar-refractivity contribution in [2.45, 2.75) is 56.8 Å². The van der Waals surface area contributed by atoms with Gasteiger partial charge in [0.2, 0.25) is 11.8 Å². The molecule has 49 heavy (non-hydrogen) atoms. The minimum Gasteiger partial charge on any atom is -0.386 e. The van der Waals surface area contributed by atoms with E-state index >= 15 is 0 Å². The maximum atomic E-state index is 14.0. The van der Waals surface area contributed by atoms with Crippen LogP contribution in [0.15, 0.2) is 47.4 Å². The van der Waals surface area contributed by atoms with Crippen molar-refractivity contribution in [1.29, 1.82) is 0 Å². The van der Waals surface area contributed by atoms with Crippen molar-refractivity contribution in [3.8, 4) is 0 Å². The zero-order valence-electron chi connectivity index (χ0n) is 27.8. The molecule has 2 N–H and O–H groups in total. The maximum Gasteiger partial charge on any atom is 0.418 e. The molecule has 2 saturated heterocycles. The number of imidazole rings is 1. The number of anilines is 1. The van der Waals surface area contributed by atoms with E-state index in [9.17, 15) is 27.6 Å². The van der Waals surface area contributed by atoms with E-state index in [1.165, 1.54) is 13.1 Å². The third-order valence-electron chi connectivity index (χ3n) is 10.1. The molecule has 0 saturated carbocycles. The number of hydrogen-bond donors (Lipinski definition) is 2. The number of pyridine rings is 1. The molecule has 2 aliphatic rings. The standard InChI is InChI=1S/C35H41ClF3N7O3/c1-40-32-26(35(37,38)39)17-21(18-27(32)36)16-22(33(48)45-14-8-23(9-15-45)43(2)3)19-30(47)44-12-10-24(11-13-44)46-29-20-41-28-7-5-4-6-25(28)31(29)42-34(46)49/h4-7,17-18,20,22-24,40H,8-16,19H2,1-3H3,(H,42,49)/t22-/m0/s1. The first-order valence-electron chi connectivity index (χ1n) is 16.6. The second kappa shape index (κ2) is 14.0. The van der Waals surface area contributed by atoms with Gasteiger partial charge in [-0.25, -0.2) is 4.79 Å². The Bertz CT molecular complexity index is 1910. The zero-order valence-corrected chi connectivity index (χ0v) is 28.6. The average Bonchev–Trinajstić information content (AvgIpc) is 3.43. The molecule has 6 rings (SSSR count). The molecule has 4 aromatic rings. The third-order valence-corrected chi connectivity index (χ3v) is 10.4. The van der Waals surface area contributed by atoms with Gasteiger partial charge in [-0.1, -0.05) is 29.8 Å². The molecule has 2 aliphatic heterocycles. The van der Waals surface area contributed by atoms with E-state index in [1.54, 1.807) is 20.6 Å². The summed E-state index contributed by atoms with van der Waals surface area (Å²) in [6.45, 7) is 1.77. The van der Waals surface area contributed by atoms with Crippen LogP contribution >= 0.6 is 11.6 Å². The number of amides is 2. The molecule has 1 atom stereocenters. The van der Waals surface area contributed by atoms with Crippen LogP contribution in [0, 0.1) is 5.92 Å². The highest BCUT2D eigenvalue weighted by atomic mass is 35.5. The molecule has 0 bridgehead atoms. The normalized spacial score (nSPS) is 17.3. The van der Waals surface area contributed by atoms with Crippen LogP contribution in [0.5, 0.6) is 0 Å². The number of likely N-dealkylation sites (tertiary alicyclic amines) is 2. The monoisotopic (exact) mass is 699 g/mol. The molecular formula is C35H41ClF3N7O3. The predicted molar refractivity (Wildman–Crippen MR) is 184 cm³/mol. The van der Waals surface area contributed by atoms with Crippen molar-refractivity contribution >= 4 is 51.0 Å². The van der Waals surface area contributed by atoms with Crippen LogP contribution in [0.3, 0.4) is 0 Å². The number of rotatable bonds is 8. The molecule has 0 spiro atoms. The van der Waals surface area contributed by atoms with E-state index in [-0.39, 0.29) is 52.7 Å². The Morgan fingerprint density at radius 3 is 2.39 bits per heavy atom. The van der Waals surface area contributed by atoms with Crippen LogP contribution in [0.4, 0.5) is 18.9 Å². The summed E-state index contributed by atoms with van der Waals surface area (Å²) in [5.41, 5.74) is 1.07. The summed E-state index contributed by atoms with van der Waals surface area (Å²) < 4.78 is 43.7. The summed E-state index contributed by atoms with van der Waals surface area (Å²) in [7, 11) is 5.37. The van der Waals surface area contributed by atoms with E-state index in [0.717, 1.165) is 35.3 Å². The molecule has 2 amide bonds. The topological polar surface area (TPSA) is 107 Å². The largest absolute Gasteiger partial charge is 0.418 e. The summed E-state index contributed by atoms with van der Waals surface area (Å²) in [6.07, 6.45) is -0.583. The lowest BCUT2D eigenvalue weighted by Gasteiger charge is -2.37. The number of carbonyl (C=O) groups excluding carboxylic acids is 2. The van der Waals surface area contributed by atoms with Crippen molar-refractivity contribution in [3.63, 3.8) is 0 Å². The summed E-state index contributed by atoms with van der Waals surface area (Å²) in [6, 6.07) is 10.2. The first-order chi connectivity index (χ1) is 23.3. The number of alkyl halides is 3. The second-order valence-corrected chi connectivity index (χ2v) is 13.7. The smallest absolute Gasteiger partial charge is 0.386 e. The summed E-state index contributed by atoms with van der Waals surface area (Å²) in [5, 5.41) is 3.28. The number of nitrogens with zero attached hydrogens (tertiary/aromatic N) is 5. The fraction of sp³-hybridized carbons (Fsp3) is 0.486. The quantitative estimate of drug-likeness (QED) is 0.250. The Morgan fingerprint density at radius 2 is 1.73 bits per heavy atom. The van der Waals surface area contributed by atoms with E-state index < -0.39 is 17.7 Å². The molecule has 262 valence electrons. The molecular weight excluding hydrogens is 659 g/mol. The lowest BCUT2D eigenvalue weighted by molar-refractivity contribution is -0.143. The average molecular weight is 700 g/mol. The van der Waals surface area contributed by atoms with Crippen LogP contribution in [0.2, 0.25) is 5.02 Å². The number of fused-ring (bicyclic) bond motifs is 3. The summed E-state index contributed by atoms with van der Waals surface area (Å²) >= 11 is 6.29. The highest BCUT2D eigenvalue weighted by Crippen LogP contribution is 2.40. The number of H-pyrrole nitrogens is 1. The molecule has 0 aliphatic carbocycles. The van der Waals surface area contributed by atoms with E-state index in [0.29, 0.717) is 50.6 Å².